The van der Waals surface area contributed by atoms with Crippen molar-refractivity contribution in [2.75, 3.05) is 5.32 Å². The normalized spacial score (nSPS) is 18.6. The molecule has 2 rings (SSSR count). The van der Waals surface area contributed by atoms with Gasteiger partial charge >= 0.3 is 0 Å². The first-order valence-corrected chi connectivity index (χ1v) is 5.36. The lowest BCUT2D eigenvalue weighted by Crippen LogP contribution is -2.15. The number of hydrogen-bond acceptors (Lipinski definition) is 3. The molecule has 1 aliphatic rings. The van der Waals surface area contributed by atoms with Crippen LogP contribution < -0.4 is 5.32 Å². The lowest BCUT2D eigenvalue weighted by Gasteiger charge is -2.08. The van der Waals surface area contributed by atoms with Gasteiger partial charge in [0.25, 0.3) is 0 Å². The summed E-state index contributed by atoms with van der Waals surface area (Å²) < 4.78 is 0. The van der Waals surface area contributed by atoms with Crippen LogP contribution in [0.3, 0.4) is 0 Å². The van der Waals surface area contributed by atoms with Crippen molar-refractivity contribution >= 4 is 11.7 Å². The summed E-state index contributed by atoms with van der Waals surface area (Å²) in [5.41, 5.74) is 0. The van der Waals surface area contributed by atoms with E-state index in [1.54, 1.807) is 6.07 Å². The van der Waals surface area contributed by atoms with Crippen LogP contribution in [-0.4, -0.2) is 16.0 Å². The Hall–Kier alpha value is -1.84. The number of rotatable bonds is 3. The van der Waals surface area contributed by atoms with Gasteiger partial charge in [0.2, 0.25) is 5.91 Å². The molecule has 0 fully saturated rings. The van der Waals surface area contributed by atoms with Crippen LogP contribution in [0.1, 0.15) is 19.3 Å². The molecular weight excluding hydrogens is 204 g/mol. The molecule has 16 heavy (non-hydrogen) atoms. The van der Waals surface area contributed by atoms with Crippen molar-refractivity contribution in [1.29, 1.82) is 0 Å². The molecule has 1 atom stereocenters. The molecule has 1 heterocycles. The van der Waals surface area contributed by atoms with Crippen LogP contribution >= 0.6 is 0 Å². The zero-order chi connectivity index (χ0) is 11.4. The second-order valence-corrected chi connectivity index (χ2v) is 3.89. The summed E-state index contributed by atoms with van der Waals surface area (Å²) in [4.78, 5) is 15.5. The van der Waals surface area contributed by atoms with E-state index in [0.29, 0.717) is 12.3 Å². The predicted octanol–water partition coefficient (Wildman–Crippen LogP) is 2.08. The summed E-state index contributed by atoms with van der Waals surface area (Å²) in [6.45, 7) is 0. The third-order valence-electron chi connectivity index (χ3n) is 2.60. The van der Waals surface area contributed by atoms with Gasteiger partial charge in [-0.15, -0.1) is 0 Å². The molecule has 1 aliphatic carbocycles. The van der Waals surface area contributed by atoms with Crippen LogP contribution in [0.25, 0.3) is 0 Å². The minimum absolute atomic E-state index is 0.00202. The number of carbonyl (C=O) groups excluding carboxylic acids is 1. The Labute approximate surface area is 94.0 Å². The summed E-state index contributed by atoms with van der Waals surface area (Å²) in [5.74, 6) is 0.448. The van der Waals surface area contributed by atoms with E-state index < -0.39 is 0 Å². The van der Waals surface area contributed by atoms with Crippen molar-refractivity contribution in [2.24, 2.45) is 5.92 Å². The van der Waals surface area contributed by atoms with Crippen molar-refractivity contribution in [3.8, 4) is 5.75 Å². The fourth-order valence-corrected chi connectivity index (χ4v) is 1.78. The summed E-state index contributed by atoms with van der Waals surface area (Å²) in [5, 5.41) is 12.0. The maximum Gasteiger partial charge on any atom is 0.226 e. The quantitative estimate of drug-likeness (QED) is 0.763. The number of carbonyl (C=O) groups is 1. The number of amides is 1. The number of nitrogens with one attached hydrogen (secondary N) is 1. The number of aromatic hydroxyl groups is 1. The molecule has 0 aliphatic heterocycles. The highest BCUT2D eigenvalue weighted by molar-refractivity contribution is 5.91. The fraction of sp³-hybridized carbons (Fsp3) is 0.333. The highest BCUT2D eigenvalue weighted by atomic mass is 16.3. The predicted molar refractivity (Wildman–Crippen MR) is 61.0 cm³/mol. The van der Waals surface area contributed by atoms with E-state index in [1.165, 1.54) is 12.3 Å². The van der Waals surface area contributed by atoms with Gasteiger partial charge in [-0.25, -0.2) is 4.98 Å². The molecule has 1 aromatic rings. The number of aromatic nitrogens is 1. The molecule has 4 nitrogen and oxygen atoms in total. The van der Waals surface area contributed by atoms with E-state index in [0.717, 1.165) is 12.8 Å². The lowest BCUT2D eigenvalue weighted by atomic mass is 10.1. The highest BCUT2D eigenvalue weighted by Gasteiger charge is 2.15. The minimum Gasteiger partial charge on any atom is -0.504 e. The van der Waals surface area contributed by atoms with Crippen molar-refractivity contribution in [2.45, 2.75) is 19.3 Å². The third kappa shape index (κ3) is 2.59. The molecule has 4 heteroatoms. The first-order chi connectivity index (χ1) is 7.75. The molecule has 0 aromatic carbocycles. The van der Waals surface area contributed by atoms with Crippen LogP contribution in [0.5, 0.6) is 5.75 Å². The molecule has 0 saturated carbocycles. The SMILES string of the molecule is O=C(C[C@H]1C=CCC1)Nc1ncccc1O. The molecule has 0 bridgehead atoms. The van der Waals surface area contributed by atoms with Crippen molar-refractivity contribution in [3.05, 3.63) is 30.5 Å². The summed E-state index contributed by atoms with van der Waals surface area (Å²) in [7, 11) is 0. The Balaban J connectivity index is 1.92. The second-order valence-electron chi connectivity index (χ2n) is 3.89. The monoisotopic (exact) mass is 218 g/mol. The van der Waals surface area contributed by atoms with Gasteiger partial charge in [0.1, 0.15) is 0 Å². The van der Waals surface area contributed by atoms with Gasteiger partial charge in [0, 0.05) is 12.6 Å². The topological polar surface area (TPSA) is 62.2 Å². The maximum atomic E-state index is 11.6. The van der Waals surface area contributed by atoms with E-state index in [4.69, 9.17) is 0 Å². The fourth-order valence-electron chi connectivity index (χ4n) is 1.78. The summed E-state index contributed by atoms with van der Waals surface area (Å²) in [6, 6.07) is 3.11. The van der Waals surface area contributed by atoms with Crippen LogP contribution in [0, 0.1) is 5.92 Å². The third-order valence-corrected chi connectivity index (χ3v) is 2.60. The Morgan fingerprint density at radius 3 is 3.19 bits per heavy atom. The Kier molecular flexibility index (Phi) is 3.19. The van der Waals surface area contributed by atoms with Crippen LogP contribution in [0.4, 0.5) is 5.82 Å². The zero-order valence-electron chi connectivity index (χ0n) is 8.89. The number of anilines is 1. The highest BCUT2D eigenvalue weighted by Crippen LogP contribution is 2.22. The minimum atomic E-state index is -0.106. The molecule has 0 saturated heterocycles. The van der Waals surface area contributed by atoms with Crippen LogP contribution in [0.2, 0.25) is 0 Å². The van der Waals surface area contributed by atoms with Crippen LogP contribution in [-0.2, 0) is 4.79 Å². The molecule has 1 amide bonds. The van der Waals surface area contributed by atoms with Gasteiger partial charge in [-0.1, -0.05) is 12.2 Å². The van der Waals surface area contributed by atoms with Crippen molar-refractivity contribution < 1.29 is 9.90 Å². The Morgan fingerprint density at radius 1 is 1.62 bits per heavy atom. The van der Waals surface area contributed by atoms with Gasteiger partial charge in [-0.2, -0.15) is 0 Å². The van der Waals surface area contributed by atoms with Gasteiger partial charge in [0.15, 0.2) is 11.6 Å². The molecule has 1 aromatic heterocycles. The lowest BCUT2D eigenvalue weighted by molar-refractivity contribution is -0.116. The van der Waals surface area contributed by atoms with Gasteiger partial charge in [-0.05, 0) is 30.9 Å². The van der Waals surface area contributed by atoms with E-state index in [2.05, 4.69) is 22.5 Å². The first kappa shape index (κ1) is 10.7. The average molecular weight is 218 g/mol. The first-order valence-electron chi connectivity index (χ1n) is 5.36. The number of pyridine rings is 1. The largest absolute Gasteiger partial charge is 0.504 e. The van der Waals surface area contributed by atoms with E-state index in [1.807, 2.05) is 0 Å². The van der Waals surface area contributed by atoms with E-state index >= 15 is 0 Å². The maximum absolute atomic E-state index is 11.6. The molecule has 0 unspecified atom stereocenters. The zero-order valence-corrected chi connectivity index (χ0v) is 8.89. The van der Waals surface area contributed by atoms with Crippen molar-refractivity contribution in [1.82, 2.24) is 4.98 Å². The molecule has 2 N–H and O–H groups in total. The summed E-state index contributed by atoms with van der Waals surface area (Å²) in [6.07, 6.45) is 8.22. The average Bonchev–Trinajstić information content (AvgIpc) is 2.74. The van der Waals surface area contributed by atoms with Gasteiger partial charge in [0.05, 0.1) is 0 Å². The Morgan fingerprint density at radius 2 is 2.50 bits per heavy atom. The molecule has 0 radical (unpaired) electrons. The van der Waals surface area contributed by atoms with Crippen LogP contribution in [0.15, 0.2) is 30.5 Å². The van der Waals surface area contributed by atoms with Crippen molar-refractivity contribution in [3.63, 3.8) is 0 Å². The number of allylic oxidation sites excluding steroid dienone is 2. The van der Waals surface area contributed by atoms with E-state index in [-0.39, 0.29) is 17.5 Å². The summed E-state index contributed by atoms with van der Waals surface area (Å²) >= 11 is 0. The number of hydrogen-bond donors (Lipinski definition) is 2. The molecular formula is C12H14N2O2. The van der Waals surface area contributed by atoms with Gasteiger partial charge in [-0.3, -0.25) is 4.79 Å². The Bertz CT molecular complexity index is 415. The van der Waals surface area contributed by atoms with Gasteiger partial charge < -0.3 is 10.4 Å². The molecule has 0 spiro atoms. The number of nitrogens with zero attached hydrogens (tertiary/aromatic N) is 1. The smallest absolute Gasteiger partial charge is 0.226 e. The second kappa shape index (κ2) is 4.79. The molecule has 84 valence electrons. The standard InChI is InChI=1S/C12H14N2O2/c15-10-6-3-7-13-12(10)14-11(16)8-9-4-1-2-5-9/h1,3-4,6-7,9,15H,2,5,8H2,(H,13,14,16)/t9-/m0/s1. The van der Waals surface area contributed by atoms with E-state index in [9.17, 15) is 9.90 Å².